The van der Waals surface area contributed by atoms with Gasteiger partial charge in [-0.05, 0) is 12.1 Å². The average Bonchev–Trinajstić information content (AvgIpc) is 2.90. The zero-order valence-electron chi connectivity index (χ0n) is 9.35. The Morgan fingerprint density at radius 1 is 1.17 bits per heavy atom. The maximum Gasteiger partial charge on any atom is 0.206 e. The molecule has 0 amide bonds. The maximum atomic E-state index is 12.5. The van der Waals surface area contributed by atoms with Crippen LogP contribution < -0.4 is 5.73 Å². The number of aromatic nitrogens is 3. The largest absolute Gasteiger partial charge is 0.606 e. The van der Waals surface area contributed by atoms with E-state index in [0.717, 1.165) is 4.90 Å². The smallest absolute Gasteiger partial charge is 0.206 e. The fourth-order valence-corrected chi connectivity index (χ4v) is 2.87. The topological polar surface area (TPSA) is 79.3 Å². The third-order valence-electron chi connectivity index (χ3n) is 2.61. The molecule has 6 heteroatoms. The highest BCUT2D eigenvalue weighted by Gasteiger charge is 2.19. The van der Waals surface area contributed by atoms with E-state index >= 15 is 0 Å². The van der Waals surface area contributed by atoms with Crippen molar-refractivity contribution in [2.75, 3.05) is 5.73 Å². The molecule has 90 valence electrons. The molecule has 1 aromatic carbocycles. The van der Waals surface area contributed by atoms with Crippen LogP contribution in [0.4, 0.5) is 5.95 Å². The van der Waals surface area contributed by atoms with E-state index in [0.29, 0.717) is 16.4 Å². The molecule has 0 aliphatic carbocycles. The van der Waals surface area contributed by atoms with E-state index in [1.54, 1.807) is 16.9 Å². The van der Waals surface area contributed by atoms with Crippen molar-refractivity contribution < 1.29 is 4.55 Å². The number of nitrogens with zero attached hydrogens (tertiary/aromatic N) is 3. The molecule has 5 nitrogen and oxygen atoms in total. The van der Waals surface area contributed by atoms with Crippen LogP contribution in [0, 0.1) is 0 Å². The molecule has 0 aliphatic rings. The lowest BCUT2D eigenvalue weighted by Gasteiger charge is -2.10. The Kier molecular flexibility index (Phi) is 2.66. The number of imidazole rings is 1. The molecule has 0 saturated heterocycles. The summed E-state index contributed by atoms with van der Waals surface area (Å²) in [6, 6.07) is 9.23. The molecule has 2 heterocycles. The van der Waals surface area contributed by atoms with Gasteiger partial charge in [-0.25, -0.2) is 9.97 Å². The van der Waals surface area contributed by atoms with Gasteiger partial charge in [0.15, 0.2) is 4.90 Å². The van der Waals surface area contributed by atoms with Crippen LogP contribution in [0.1, 0.15) is 0 Å². The molecule has 0 fully saturated rings. The third kappa shape index (κ3) is 1.71. The van der Waals surface area contributed by atoms with Crippen LogP contribution in [0.5, 0.6) is 0 Å². The van der Waals surface area contributed by atoms with E-state index in [-0.39, 0.29) is 0 Å². The second kappa shape index (κ2) is 4.32. The number of hydrogen-bond acceptors (Lipinski definition) is 4. The van der Waals surface area contributed by atoms with Gasteiger partial charge in [-0.2, -0.15) is 0 Å². The molecule has 18 heavy (non-hydrogen) atoms. The first kappa shape index (κ1) is 11.1. The van der Waals surface area contributed by atoms with Crippen molar-refractivity contribution in [1.82, 2.24) is 14.4 Å². The highest BCUT2D eigenvalue weighted by Crippen LogP contribution is 2.24. The lowest BCUT2D eigenvalue weighted by atomic mass is 10.4. The van der Waals surface area contributed by atoms with E-state index in [4.69, 9.17) is 5.73 Å². The first-order valence-electron chi connectivity index (χ1n) is 5.31. The van der Waals surface area contributed by atoms with Gasteiger partial charge < -0.3 is 10.3 Å². The summed E-state index contributed by atoms with van der Waals surface area (Å²) in [6.45, 7) is 0. The Hall–Kier alpha value is -2.05. The lowest BCUT2D eigenvalue weighted by molar-refractivity contribution is 0.595. The summed E-state index contributed by atoms with van der Waals surface area (Å²) >= 11 is -1.29. The fraction of sp³-hybridized carbons (Fsp3) is 0. The van der Waals surface area contributed by atoms with Crippen LogP contribution in [0.25, 0.3) is 5.52 Å². The normalized spacial score (nSPS) is 12.7. The Balaban J connectivity index is 2.15. The van der Waals surface area contributed by atoms with E-state index in [1.807, 2.05) is 30.3 Å². The molecule has 2 aromatic heterocycles. The Labute approximate surface area is 106 Å². The highest BCUT2D eigenvalue weighted by atomic mass is 32.2. The van der Waals surface area contributed by atoms with Gasteiger partial charge >= 0.3 is 0 Å². The quantitative estimate of drug-likeness (QED) is 0.706. The number of anilines is 1. The standard InChI is InChI=1S/C12H10N4OS/c13-12-15-7-11(10-6-14-8-16(10)12)18(17)9-4-2-1-3-5-9/h1-8H,(H2,13,15). The molecule has 0 spiro atoms. The number of nitrogens with two attached hydrogens (primary N) is 1. The lowest BCUT2D eigenvalue weighted by Crippen LogP contribution is -2.07. The van der Waals surface area contributed by atoms with E-state index in [1.165, 1.54) is 6.20 Å². The van der Waals surface area contributed by atoms with E-state index < -0.39 is 11.2 Å². The van der Waals surface area contributed by atoms with E-state index in [2.05, 4.69) is 9.97 Å². The first-order chi connectivity index (χ1) is 8.77. The zero-order valence-corrected chi connectivity index (χ0v) is 10.2. The number of rotatable bonds is 2. The third-order valence-corrected chi connectivity index (χ3v) is 4.02. The zero-order chi connectivity index (χ0) is 12.5. The van der Waals surface area contributed by atoms with Crippen molar-refractivity contribution >= 4 is 22.6 Å². The summed E-state index contributed by atoms with van der Waals surface area (Å²) in [5.74, 6) is 0.330. The van der Waals surface area contributed by atoms with Gasteiger partial charge in [-0.3, -0.25) is 4.40 Å². The molecule has 0 radical (unpaired) electrons. The van der Waals surface area contributed by atoms with Crippen molar-refractivity contribution in [1.29, 1.82) is 0 Å². The van der Waals surface area contributed by atoms with Crippen molar-refractivity contribution in [3.63, 3.8) is 0 Å². The molecular formula is C12H10N4OS. The maximum absolute atomic E-state index is 12.5. The monoisotopic (exact) mass is 258 g/mol. The van der Waals surface area contributed by atoms with E-state index in [9.17, 15) is 4.55 Å². The van der Waals surface area contributed by atoms with Gasteiger partial charge in [0.25, 0.3) is 0 Å². The SMILES string of the molecule is Nc1ncc([S+]([O-])c2ccccc2)c2cncn12. The molecular weight excluding hydrogens is 248 g/mol. The van der Waals surface area contributed by atoms with Crippen molar-refractivity contribution in [2.45, 2.75) is 9.79 Å². The first-order valence-corrected chi connectivity index (χ1v) is 6.46. The number of fused-ring (bicyclic) bond motifs is 1. The van der Waals surface area contributed by atoms with Crippen molar-refractivity contribution in [2.24, 2.45) is 0 Å². The van der Waals surface area contributed by atoms with Crippen molar-refractivity contribution in [3.05, 3.63) is 49.1 Å². The van der Waals surface area contributed by atoms with Crippen LogP contribution in [0.3, 0.4) is 0 Å². The summed E-state index contributed by atoms with van der Waals surface area (Å²) in [4.78, 5) is 9.37. The van der Waals surface area contributed by atoms with Gasteiger partial charge in [-0.15, -0.1) is 0 Å². The summed E-state index contributed by atoms with van der Waals surface area (Å²) in [7, 11) is 0. The second-order valence-electron chi connectivity index (χ2n) is 3.71. The summed E-state index contributed by atoms with van der Waals surface area (Å²) < 4.78 is 14.1. The van der Waals surface area contributed by atoms with Crippen LogP contribution in [0.2, 0.25) is 0 Å². The summed E-state index contributed by atoms with van der Waals surface area (Å²) in [6.07, 6.45) is 4.73. The minimum Gasteiger partial charge on any atom is -0.606 e. The van der Waals surface area contributed by atoms with Crippen LogP contribution in [-0.2, 0) is 11.2 Å². The number of nitrogen functional groups attached to an aromatic ring is 1. The fourth-order valence-electron chi connectivity index (χ4n) is 1.73. The Bertz CT molecular complexity index is 683. The summed E-state index contributed by atoms with van der Waals surface area (Å²) in [5, 5.41) is 0. The molecule has 1 atom stereocenters. The number of benzene rings is 1. The molecule has 3 rings (SSSR count). The minimum atomic E-state index is -1.29. The van der Waals surface area contributed by atoms with Crippen LogP contribution in [0.15, 0.2) is 58.8 Å². The van der Waals surface area contributed by atoms with Gasteiger partial charge in [0.05, 0.1) is 12.4 Å². The van der Waals surface area contributed by atoms with Gasteiger partial charge in [0.2, 0.25) is 10.8 Å². The predicted octanol–water partition coefficient (Wildman–Crippen LogP) is 1.48. The highest BCUT2D eigenvalue weighted by molar-refractivity contribution is 7.91. The predicted molar refractivity (Wildman–Crippen MR) is 68.5 cm³/mol. The average molecular weight is 258 g/mol. The van der Waals surface area contributed by atoms with Crippen molar-refractivity contribution in [3.8, 4) is 0 Å². The Morgan fingerprint density at radius 2 is 1.94 bits per heavy atom. The summed E-state index contributed by atoms with van der Waals surface area (Å²) in [5.41, 5.74) is 6.43. The second-order valence-corrected chi connectivity index (χ2v) is 5.16. The molecule has 0 bridgehead atoms. The minimum absolute atomic E-state index is 0.330. The van der Waals surface area contributed by atoms with Gasteiger partial charge in [0, 0.05) is 11.2 Å². The molecule has 3 aromatic rings. The Morgan fingerprint density at radius 3 is 2.72 bits per heavy atom. The molecule has 2 N–H and O–H groups in total. The van der Waals surface area contributed by atoms with Crippen LogP contribution >= 0.6 is 0 Å². The number of hydrogen-bond donors (Lipinski definition) is 1. The van der Waals surface area contributed by atoms with Gasteiger partial charge in [0.1, 0.15) is 11.8 Å². The van der Waals surface area contributed by atoms with Crippen LogP contribution in [-0.4, -0.2) is 18.9 Å². The molecule has 0 aliphatic heterocycles. The van der Waals surface area contributed by atoms with Gasteiger partial charge in [-0.1, -0.05) is 18.2 Å². The molecule has 1 unspecified atom stereocenters. The molecule has 0 saturated carbocycles.